The van der Waals surface area contributed by atoms with E-state index in [0.717, 1.165) is 24.6 Å². The average molecular weight is 346 g/mol. The standard InChI is InChI=1S/C15H17F3N2O4/c1-2-6-19-12(21)8-20-13(22)9-24-14(23)10-4-3-5-11(7-10)15(16,17)18/h3-5,7H,2,6,8-9H2,1H3,(H,19,21)(H,20,22). The number of halogens is 3. The zero-order chi connectivity index (χ0) is 18.2. The van der Waals surface area contributed by atoms with Gasteiger partial charge in [0, 0.05) is 6.54 Å². The van der Waals surface area contributed by atoms with Gasteiger partial charge in [0.15, 0.2) is 6.61 Å². The Balaban J connectivity index is 2.46. The molecule has 0 bridgehead atoms. The van der Waals surface area contributed by atoms with Gasteiger partial charge in [-0.05, 0) is 24.6 Å². The molecule has 24 heavy (non-hydrogen) atoms. The average Bonchev–Trinajstić information content (AvgIpc) is 2.55. The Labute approximate surface area is 136 Å². The quantitative estimate of drug-likeness (QED) is 0.733. The lowest BCUT2D eigenvalue weighted by atomic mass is 10.1. The molecule has 1 aromatic rings. The van der Waals surface area contributed by atoms with Crippen molar-refractivity contribution in [1.29, 1.82) is 0 Å². The number of carbonyl (C=O) groups is 3. The number of esters is 1. The van der Waals surface area contributed by atoms with Crippen LogP contribution in [0.15, 0.2) is 24.3 Å². The van der Waals surface area contributed by atoms with Crippen LogP contribution in [0.3, 0.4) is 0 Å². The van der Waals surface area contributed by atoms with E-state index in [1.54, 1.807) is 0 Å². The third-order valence-electron chi connectivity index (χ3n) is 2.78. The summed E-state index contributed by atoms with van der Waals surface area (Å²) in [6.07, 6.45) is -3.84. The van der Waals surface area contributed by atoms with Crippen LogP contribution in [0, 0.1) is 0 Å². The van der Waals surface area contributed by atoms with Gasteiger partial charge in [0.05, 0.1) is 17.7 Å². The Hall–Kier alpha value is -2.58. The minimum Gasteiger partial charge on any atom is -0.452 e. The monoisotopic (exact) mass is 346 g/mol. The Morgan fingerprint density at radius 1 is 1.12 bits per heavy atom. The highest BCUT2D eigenvalue weighted by atomic mass is 19.4. The highest BCUT2D eigenvalue weighted by molar-refractivity contribution is 5.92. The molecule has 0 aliphatic rings. The molecule has 0 atom stereocenters. The zero-order valence-electron chi connectivity index (χ0n) is 12.9. The number of benzene rings is 1. The molecule has 0 heterocycles. The Kier molecular flexibility index (Phi) is 7.22. The molecule has 0 aromatic heterocycles. The largest absolute Gasteiger partial charge is 0.452 e. The second kappa shape index (κ2) is 8.90. The minimum atomic E-state index is -4.58. The van der Waals surface area contributed by atoms with Gasteiger partial charge in [-0.1, -0.05) is 13.0 Å². The highest BCUT2D eigenvalue weighted by Crippen LogP contribution is 2.29. The minimum absolute atomic E-state index is 0.278. The summed E-state index contributed by atoms with van der Waals surface area (Å²) in [6, 6.07) is 3.67. The van der Waals surface area contributed by atoms with Gasteiger partial charge < -0.3 is 15.4 Å². The van der Waals surface area contributed by atoms with E-state index in [1.807, 2.05) is 6.92 Å². The van der Waals surface area contributed by atoms with E-state index in [0.29, 0.717) is 12.6 Å². The normalized spacial score (nSPS) is 10.8. The molecule has 0 unspecified atom stereocenters. The first-order valence-electron chi connectivity index (χ1n) is 7.11. The van der Waals surface area contributed by atoms with Gasteiger partial charge in [0.2, 0.25) is 5.91 Å². The predicted octanol–water partition coefficient (Wildman–Crippen LogP) is 1.50. The lowest BCUT2D eigenvalue weighted by Crippen LogP contribution is -2.38. The topological polar surface area (TPSA) is 84.5 Å². The molecular weight excluding hydrogens is 329 g/mol. The van der Waals surface area contributed by atoms with Gasteiger partial charge in [0.25, 0.3) is 5.91 Å². The van der Waals surface area contributed by atoms with Crippen LogP contribution >= 0.6 is 0 Å². The van der Waals surface area contributed by atoms with Crippen LogP contribution in [0.5, 0.6) is 0 Å². The van der Waals surface area contributed by atoms with Crippen molar-refractivity contribution in [3.8, 4) is 0 Å². The molecule has 0 aliphatic carbocycles. The summed E-state index contributed by atoms with van der Waals surface area (Å²) in [7, 11) is 0. The Morgan fingerprint density at radius 2 is 1.83 bits per heavy atom. The first-order chi connectivity index (χ1) is 11.2. The number of rotatable bonds is 7. The molecule has 0 fully saturated rings. The number of amides is 2. The molecule has 2 N–H and O–H groups in total. The fraction of sp³-hybridized carbons (Fsp3) is 0.400. The SMILES string of the molecule is CCCNC(=O)CNC(=O)COC(=O)c1cccc(C(F)(F)F)c1. The van der Waals surface area contributed by atoms with Crippen molar-refractivity contribution in [2.75, 3.05) is 19.7 Å². The van der Waals surface area contributed by atoms with E-state index < -0.39 is 36.1 Å². The van der Waals surface area contributed by atoms with E-state index >= 15 is 0 Å². The molecule has 0 radical (unpaired) electrons. The van der Waals surface area contributed by atoms with Gasteiger partial charge in [-0.15, -0.1) is 0 Å². The van der Waals surface area contributed by atoms with Crippen molar-refractivity contribution in [2.45, 2.75) is 19.5 Å². The van der Waals surface area contributed by atoms with E-state index in [-0.39, 0.29) is 12.1 Å². The lowest BCUT2D eigenvalue weighted by molar-refractivity contribution is -0.137. The Morgan fingerprint density at radius 3 is 2.46 bits per heavy atom. The lowest BCUT2D eigenvalue weighted by Gasteiger charge is -2.09. The van der Waals surface area contributed by atoms with Crippen molar-refractivity contribution in [3.63, 3.8) is 0 Å². The molecule has 9 heteroatoms. The summed E-state index contributed by atoms with van der Waals surface area (Å²) < 4.78 is 42.3. The van der Waals surface area contributed by atoms with Crippen LogP contribution in [0.1, 0.15) is 29.3 Å². The molecule has 1 rings (SSSR count). The number of hydrogen-bond acceptors (Lipinski definition) is 4. The van der Waals surface area contributed by atoms with Crippen LogP contribution in [0.2, 0.25) is 0 Å². The van der Waals surface area contributed by atoms with Crippen LogP contribution in [0.4, 0.5) is 13.2 Å². The summed E-state index contributed by atoms with van der Waals surface area (Å²) in [5.41, 5.74) is -1.31. The van der Waals surface area contributed by atoms with E-state index in [1.165, 1.54) is 0 Å². The summed E-state index contributed by atoms with van der Waals surface area (Å²) in [5.74, 6) is -2.19. The molecule has 0 aliphatic heterocycles. The number of carbonyl (C=O) groups excluding carboxylic acids is 3. The zero-order valence-corrected chi connectivity index (χ0v) is 12.9. The maximum absolute atomic E-state index is 12.6. The number of ether oxygens (including phenoxy) is 1. The molecule has 0 spiro atoms. The molecule has 0 saturated heterocycles. The predicted molar refractivity (Wildman–Crippen MR) is 78.0 cm³/mol. The van der Waals surface area contributed by atoms with Crippen molar-refractivity contribution >= 4 is 17.8 Å². The maximum atomic E-state index is 12.6. The third kappa shape index (κ3) is 6.67. The maximum Gasteiger partial charge on any atom is 0.416 e. The smallest absolute Gasteiger partial charge is 0.416 e. The van der Waals surface area contributed by atoms with Crippen LogP contribution in [-0.4, -0.2) is 37.5 Å². The van der Waals surface area contributed by atoms with Crippen LogP contribution < -0.4 is 10.6 Å². The van der Waals surface area contributed by atoms with Crippen molar-refractivity contribution in [2.24, 2.45) is 0 Å². The Bertz CT molecular complexity index is 603. The number of nitrogens with one attached hydrogen (secondary N) is 2. The molecule has 0 saturated carbocycles. The summed E-state index contributed by atoms with van der Waals surface area (Å²) in [6.45, 7) is 1.36. The highest BCUT2D eigenvalue weighted by Gasteiger charge is 2.31. The van der Waals surface area contributed by atoms with Crippen molar-refractivity contribution < 1.29 is 32.3 Å². The fourth-order valence-electron chi connectivity index (χ4n) is 1.59. The second-order valence-electron chi connectivity index (χ2n) is 4.78. The first kappa shape index (κ1) is 19.5. The molecule has 132 valence electrons. The van der Waals surface area contributed by atoms with Gasteiger partial charge >= 0.3 is 12.1 Å². The summed E-state index contributed by atoms with van der Waals surface area (Å²) >= 11 is 0. The molecule has 2 amide bonds. The van der Waals surface area contributed by atoms with Crippen molar-refractivity contribution in [3.05, 3.63) is 35.4 Å². The van der Waals surface area contributed by atoms with Gasteiger partial charge in [-0.2, -0.15) is 13.2 Å². The van der Waals surface area contributed by atoms with Gasteiger partial charge in [-0.25, -0.2) is 4.79 Å². The number of hydrogen-bond donors (Lipinski definition) is 2. The van der Waals surface area contributed by atoms with E-state index in [9.17, 15) is 27.6 Å². The molecule has 1 aromatic carbocycles. The van der Waals surface area contributed by atoms with Gasteiger partial charge in [-0.3, -0.25) is 9.59 Å². The molecular formula is C15H17F3N2O4. The van der Waals surface area contributed by atoms with Crippen LogP contribution in [-0.2, 0) is 20.5 Å². The van der Waals surface area contributed by atoms with E-state index in [2.05, 4.69) is 15.4 Å². The number of alkyl halides is 3. The van der Waals surface area contributed by atoms with Crippen molar-refractivity contribution in [1.82, 2.24) is 10.6 Å². The molecule has 6 nitrogen and oxygen atoms in total. The summed E-state index contributed by atoms with van der Waals surface area (Å²) in [5, 5.41) is 4.76. The van der Waals surface area contributed by atoms with Crippen LogP contribution in [0.25, 0.3) is 0 Å². The summed E-state index contributed by atoms with van der Waals surface area (Å²) in [4.78, 5) is 34.4. The second-order valence-corrected chi connectivity index (χ2v) is 4.78. The first-order valence-corrected chi connectivity index (χ1v) is 7.11. The van der Waals surface area contributed by atoms with E-state index in [4.69, 9.17) is 0 Å². The third-order valence-corrected chi connectivity index (χ3v) is 2.78. The van der Waals surface area contributed by atoms with Gasteiger partial charge in [0.1, 0.15) is 0 Å². The fourth-order valence-corrected chi connectivity index (χ4v) is 1.59.